The van der Waals surface area contributed by atoms with E-state index in [1.807, 2.05) is 20.0 Å². The van der Waals surface area contributed by atoms with Crippen molar-refractivity contribution in [1.29, 1.82) is 0 Å². The minimum Gasteiger partial charge on any atom is -0.419 e. The number of fused-ring (bicyclic) bond motifs is 1. The number of carbonyl (C=O) groups is 2. The van der Waals surface area contributed by atoms with Gasteiger partial charge in [-0.3, -0.25) is 18.9 Å². The van der Waals surface area contributed by atoms with E-state index in [2.05, 4.69) is 19.9 Å². The molecule has 2 aliphatic rings. The second-order valence-corrected chi connectivity index (χ2v) is 8.03. The molecule has 0 radical (unpaired) electrons. The van der Waals surface area contributed by atoms with Gasteiger partial charge in [0.25, 0.3) is 5.91 Å². The molecule has 1 atom stereocenters. The molecule has 2 N–H and O–H groups in total. The highest BCUT2D eigenvalue weighted by Gasteiger charge is 2.44. The number of hydrogen-bond donors (Lipinski definition) is 2. The summed E-state index contributed by atoms with van der Waals surface area (Å²) in [5, 5.41) is 0. The highest BCUT2D eigenvalue weighted by Crippen LogP contribution is 2.35. The van der Waals surface area contributed by atoms with Crippen LogP contribution in [-0.4, -0.2) is 87.5 Å². The summed E-state index contributed by atoms with van der Waals surface area (Å²) in [4.78, 5) is 43.3. The minimum absolute atomic E-state index is 0.177. The maximum absolute atomic E-state index is 12.9. The quantitative estimate of drug-likeness (QED) is 0.594. The van der Waals surface area contributed by atoms with E-state index in [9.17, 15) is 9.59 Å². The number of aromatic nitrogens is 3. The van der Waals surface area contributed by atoms with Gasteiger partial charge in [-0.1, -0.05) is 6.07 Å². The van der Waals surface area contributed by atoms with E-state index in [1.165, 1.54) is 17.3 Å². The Labute approximate surface area is 184 Å². The van der Waals surface area contributed by atoms with Gasteiger partial charge in [0.05, 0.1) is 0 Å². The fourth-order valence-corrected chi connectivity index (χ4v) is 3.13. The molecule has 1 saturated heterocycles. The molecular weight excluding hydrogens is 444 g/mol. The van der Waals surface area contributed by atoms with E-state index >= 15 is 0 Å². The van der Waals surface area contributed by atoms with Crippen LogP contribution in [0.25, 0.3) is 0 Å². The Bertz CT molecular complexity index is 1080. The van der Waals surface area contributed by atoms with E-state index in [0.717, 1.165) is 18.7 Å². The third-order valence-electron chi connectivity index (χ3n) is 4.73. The number of ether oxygens (including phenoxy) is 1. The molecule has 0 bridgehead atoms. The molecule has 32 heavy (non-hydrogen) atoms. The van der Waals surface area contributed by atoms with Crippen molar-refractivity contribution in [2.75, 3.05) is 38.1 Å². The number of nitrogens with zero attached hydrogens (tertiary/aromatic N) is 6. The molecule has 0 spiro atoms. The third-order valence-corrected chi connectivity index (χ3v) is 4.73. The van der Waals surface area contributed by atoms with Crippen LogP contribution in [0.2, 0.25) is 0 Å². The Morgan fingerprint density at radius 1 is 1.09 bits per heavy atom. The van der Waals surface area contributed by atoms with Crippen molar-refractivity contribution in [2.24, 2.45) is 0 Å². The minimum atomic E-state index is -4.67. The molecule has 14 heteroatoms. The molecule has 2 aliphatic heterocycles. The van der Waals surface area contributed by atoms with Crippen molar-refractivity contribution in [1.82, 2.24) is 24.8 Å². The molecule has 1 fully saturated rings. The summed E-state index contributed by atoms with van der Waals surface area (Å²) >= 11 is 0. The summed E-state index contributed by atoms with van der Waals surface area (Å²) in [6, 6.07) is 3.56. The Kier molecular flexibility index (Phi) is 6.98. The van der Waals surface area contributed by atoms with Crippen molar-refractivity contribution < 1.29 is 31.8 Å². The normalized spacial score (nSPS) is 18.6. The molecule has 4 heterocycles. The topological polar surface area (TPSA) is 166 Å². The summed E-state index contributed by atoms with van der Waals surface area (Å²) in [6.07, 6.45) is 3.13. The summed E-state index contributed by atoms with van der Waals surface area (Å²) in [6.45, 7) is 4.61. The van der Waals surface area contributed by atoms with Crippen LogP contribution in [0.3, 0.4) is 0 Å². The fraction of sp³-hybridized carbons (Fsp3) is 0.389. The van der Waals surface area contributed by atoms with Gasteiger partial charge in [-0.05, 0) is 25.6 Å². The first-order valence-corrected chi connectivity index (χ1v) is 10.9. The summed E-state index contributed by atoms with van der Waals surface area (Å²) in [5.74, 6) is 0.00667. The molecule has 13 nitrogen and oxygen atoms in total. The first-order valence-electron chi connectivity index (χ1n) is 9.45. The molecule has 0 saturated carbocycles. The van der Waals surface area contributed by atoms with Gasteiger partial charge >= 0.3 is 16.5 Å². The van der Waals surface area contributed by atoms with Crippen molar-refractivity contribution in [2.45, 2.75) is 13.2 Å². The SMILES string of the molecule is Cc1ccc(N2C(=O)c3nccnc3C2OC(=O)N2CCN(C)CC2)nc1.O=S(=O)(O)O. The van der Waals surface area contributed by atoms with E-state index in [4.69, 9.17) is 22.3 Å². The Morgan fingerprint density at radius 2 is 1.72 bits per heavy atom. The van der Waals surface area contributed by atoms with E-state index in [0.29, 0.717) is 24.6 Å². The molecule has 0 aliphatic carbocycles. The lowest BCUT2D eigenvalue weighted by molar-refractivity contribution is 0.0476. The van der Waals surface area contributed by atoms with Crippen LogP contribution in [0.5, 0.6) is 0 Å². The number of carbonyl (C=O) groups excluding carboxylic acids is 2. The van der Waals surface area contributed by atoms with Gasteiger partial charge in [-0.25, -0.2) is 19.7 Å². The maximum atomic E-state index is 12.9. The van der Waals surface area contributed by atoms with Gasteiger partial charge in [0, 0.05) is 44.8 Å². The van der Waals surface area contributed by atoms with Gasteiger partial charge < -0.3 is 14.5 Å². The van der Waals surface area contributed by atoms with Crippen molar-refractivity contribution >= 4 is 28.2 Å². The largest absolute Gasteiger partial charge is 0.419 e. The zero-order valence-electron chi connectivity index (χ0n) is 17.3. The number of hydrogen-bond acceptors (Lipinski definition) is 9. The molecule has 4 rings (SSSR count). The van der Waals surface area contributed by atoms with Gasteiger partial charge in [-0.15, -0.1) is 0 Å². The van der Waals surface area contributed by atoms with Crippen LogP contribution < -0.4 is 4.90 Å². The molecule has 2 amide bonds. The molecule has 2 aromatic heterocycles. The molecular formula is C18H22N6O7S. The first-order chi connectivity index (χ1) is 15.0. The highest BCUT2D eigenvalue weighted by molar-refractivity contribution is 7.79. The zero-order chi connectivity index (χ0) is 23.5. The lowest BCUT2D eigenvalue weighted by Crippen LogP contribution is -2.48. The van der Waals surface area contributed by atoms with Crippen molar-refractivity contribution in [3.05, 3.63) is 47.7 Å². The molecule has 1 unspecified atom stereocenters. The van der Waals surface area contributed by atoms with Gasteiger partial charge in [0.15, 0.2) is 5.69 Å². The van der Waals surface area contributed by atoms with Gasteiger partial charge in [-0.2, -0.15) is 8.42 Å². The number of aryl methyl sites for hydroxylation is 1. The van der Waals surface area contributed by atoms with E-state index < -0.39 is 22.7 Å². The Morgan fingerprint density at radius 3 is 2.31 bits per heavy atom. The van der Waals surface area contributed by atoms with Crippen molar-refractivity contribution in [3.63, 3.8) is 0 Å². The predicted molar refractivity (Wildman–Crippen MR) is 110 cm³/mol. The van der Waals surface area contributed by atoms with E-state index in [1.54, 1.807) is 17.2 Å². The summed E-state index contributed by atoms with van der Waals surface area (Å²) < 4.78 is 37.3. The van der Waals surface area contributed by atoms with Gasteiger partial charge in [0.2, 0.25) is 6.23 Å². The monoisotopic (exact) mass is 466 g/mol. The average molecular weight is 466 g/mol. The maximum Gasteiger partial charge on any atom is 0.412 e. The number of likely N-dealkylation sites (N-methyl/N-ethyl adjacent to an activating group) is 1. The van der Waals surface area contributed by atoms with Crippen LogP contribution in [0.4, 0.5) is 10.6 Å². The smallest absolute Gasteiger partial charge is 0.412 e. The number of anilines is 1. The molecule has 172 valence electrons. The number of rotatable bonds is 2. The number of amides is 2. The van der Waals surface area contributed by atoms with Crippen LogP contribution in [-0.2, 0) is 15.1 Å². The predicted octanol–water partition coefficient (Wildman–Crippen LogP) is 0.570. The fourth-order valence-electron chi connectivity index (χ4n) is 3.13. The van der Waals surface area contributed by atoms with Crippen LogP contribution in [0.1, 0.15) is 28.0 Å². The Balaban J connectivity index is 0.000000523. The third kappa shape index (κ3) is 5.73. The zero-order valence-corrected chi connectivity index (χ0v) is 18.1. The standard InChI is InChI=1S/C18H20N6O3.H2O4S/c1-12-3-4-13(21-11-12)24-16(25)14-15(20-6-5-19-14)17(24)27-18(26)23-9-7-22(2)8-10-23;1-5(2,3)4/h3-6,11,17H,7-10H2,1-2H3;(H2,1,2,3,4). The summed E-state index contributed by atoms with van der Waals surface area (Å²) in [7, 11) is -2.66. The second kappa shape index (κ2) is 9.52. The van der Waals surface area contributed by atoms with E-state index in [-0.39, 0.29) is 11.6 Å². The first kappa shape index (κ1) is 23.5. The number of piperazine rings is 1. The lowest BCUT2D eigenvalue weighted by atomic mass is 10.3. The summed E-state index contributed by atoms with van der Waals surface area (Å²) in [5.41, 5.74) is 1.47. The lowest BCUT2D eigenvalue weighted by Gasteiger charge is -2.33. The van der Waals surface area contributed by atoms with Crippen LogP contribution in [0.15, 0.2) is 30.7 Å². The average Bonchev–Trinajstić information content (AvgIpc) is 3.00. The second-order valence-electron chi connectivity index (χ2n) is 7.13. The van der Waals surface area contributed by atoms with Crippen molar-refractivity contribution in [3.8, 4) is 0 Å². The van der Waals surface area contributed by atoms with Gasteiger partial charge in [0.1, 0.15) is 11.5 Å². The molecule has 2 aromatic rings. The Hall–Kier alpha value is -3.20. The van der Waals surface area contributed by atoms with Crippen LogP contribution in [0, 0.1) is 6.92 Å². The molecule has 0 aromatic carbocycles. The van der Waals surface area contributed by atoms with Crippen LogP contribution >= 0.6 is 0 Å². The highest BCUT2D eigenvalue weighted by atomic mass is 32.3. The number of pyridine rings is 1.